The lowest BCUT2D eigenvalue weighted by molar-refractivity contribution is 0.581. The average molecular weight is 324 g/mol. The van der Waals surface area contributed by atoms with Crippen molar-refractivity contribution in [3.8, 4) is 0 Å². The van der Waals surface area contributed by atoms with E-state index in [1.807, 2.05) is 0 Å². The minimum Gasteiger partial charge on any atom is -0.370 e. The third kappa shape index (κ3) is 5.31. The summed E-state index contributed by atoms with van der Waals surface area (Å²) in [5.41, 5.74) is 6.68. The number of rotatable bonds is 8. The van der Waals surface area contributed by atoms with E-state index in [1.54, 1.807) is 24.3 Å². The first-order valence-electron chi connectivity index (χ1n) is 7.66. The molecule has 1 aliphatic carbocycles. The van der Waals surface area contributed by atoms with Crippen molar-refractivity contribution in [3.63, 3.8) is 0 Å². The molecule has 1 aromatic carbocycles. The van der Waals surface area contributed by atoms with Gasteiger partial charge in [0, 0.05) is 12.6 Å². The molecule has 0 aliphatic heterocycles. The van der Waals surface area contributed by atoms with Crippen LogP contribution in [0, 0.1) is 0 Å². The van der Waals surface area contributed by atoms with Crippen molar-refractivity contribution in [2.45, 2.75) is 50.1 Å². The van der Waals surface area contributed by atoms with Crippen LogP contribution in [-0.4, -0.2) is 27.0 Å². The summed E-state index contributed by atoms with van der Waals surface area (Å²) in [4.78, 5) is 4.53. The minimum absolute atomic E-state index is 0.114. The summed E-state index contributed by atoms with van der Waals surface area (Å²) in [5, 5.41) is 3.04. The Morgan fingerprint density at radius 1 is 1.32 bits per heavy atom. The highest BCUT2D eigenvalue weighted by Gasteiger charge is 2.27. The number of benzene rings is 1. The van der Waals surface area contributed by atoms with Crippen LogP contribution in [0.15, 0.2) is 34.2 Å². The maximum Gasteiger partial charge on any atom is 0.240 e. The minimum atomic E-state index is -3.38. The molecule has 0 radical (unpaired) electrons. The van der Waals surface area contributed by atoms with E-state index in [0.717, 1.165) is 37.8 Å². The van der Waals surface area contributed by atoms with Gasteiger partial charge < -0.3 is 11.1 Å². The molecule has 22 heavy (non-hydrogen) atoms. The lowest BCUT2D eigenvalue weighted by atomic mass is 10.2. The third-order valence-electron chi connectivity index (χ3n) is 3.40. The zero-order chi connectivity index (χ0) is 16.0. The van der Waals surface area contributed by atoms with Crippen molar-refractivity contribution in [2.24, 2.45) is 10.7 Å². The van der Waals surface area contributed by atoms with Crippen LogP contribution < -0.4 is 15.8 Å². The fourth-order valence-electron chi connectivity index (χ4n) is 1.89. The van der Waals surface area contributed by atoms with Gasteiger partial charge in [-0.05, 0) is 37.0 Å². The maximum atomic E-state index is 12.0. The Hall–Kier alpha value is -1.60. The van der Waals surface area contributed by atoms with E-state index in [4.69, 9.17) is 5.73 Å². The fraction of sp³-hybridized carbons (Fsp3) is 0.533. The Morgan fingerprint density at radius 3 is 2.59 bits per heavy atom. The van der Waals surface area contributed by atoms with Crippen LogP contribution in [0.25, 0.3) is 0 Å². The Kier molecular flexibility index (Phi) is 5.79. The van der Waals surface area contributed by atoms with Crippen molar-refractivity contribution in [1.29, 1.82) is 0 Å². The van der Waals surface area contributed by atoms with Crippen LogP contribution in [0.5, 0.6) is 0 Å². The molecule has 0 saturated heterocycles. The summed E-state index contributed by atoms with van der Waals surface area (Å²) < 4.78 is 26.7. The molecule has 0 aromatic heterocycles. The number of unbranched alkanes of at least 4 members (excludes halogenated alkanes) is 1. The first-order valence-corrected chi connectivity index (χ1v) is 9.14. The molecule has 0 atom stereocenters. The van der Waals surface area contributed by atoms with Gasteiger partial charge in [-0.2, -0.15) is 0 Å². The molecule has 1 aromatic rings. The van der Waals surface area contributed by atoms with Crippen molar-refractivity contribution < 1.29 is 8.42 Å². The number of nitrogens with zero attached hydrogens (tertiary/aromatic N) is 1. The Balaban J connectivity index is 1.90. The van der Waals surface area contributed by atoms with Gasteiger partial charge in [-0.25, -0.2) is 18.1 Å². The average Bonchev–Trinajstić information content (AvgIpc) is 3.29. The topological polar surface area (TPSA) is 96.6 Å². The number of aliphatic imine (C=N–C) groups is 1. The van der Waals surface area contributed by atoms with E-state index in [2.05, 4.69) is 22.0 Å². The van der Waals surface area contributed by atoms with Gasteiger partial charge in [0.25, 0.3) is 0 Å². The van der Waals surface area contributed by atoms with Gasteiger partial charge in [0.2, 0.25) is 10.0 Å². The summed E-state index contributed by atoms with van der Waals surface area (Å²) in [7, 11) is -3.38. The first-order chi connectivity index (χ1) is 10.5. The normalized spacial score (nSPS) is 15.8. The summed E-state index contributed by atoms with van der Waals surface area (Å²) in [6, 6.07) is 6.87. The molecule has 0 amide bonds. The van der Waals surface area contributed by atoms with Crippen LogP contribution in [-0.2, 0) is 16.6 Å². The molecule has 1 aliphatic rings. The van der Waals surface area contributed by atoms with Crippen LogP contribution >= 0.6 is 0 Å². The van der Waals surface area contributed by atoms with E-state index >= 15 is 0 Å². The molecule has 0 bridgehead atoms. The van der Waals surface area contributed by atoms with Gasteiger partial charge in [-0.1, -0.05) is 25.5 Å². The predicted molar refractivity (Wildman–Crippen MR) is 88.0 cm³/mol. The molecule has 6 nitrogen and oxygen atoms in total. The number of hydrogen-bond acceptors (Lipinski definition) is 3. The van der Waals surface area contributed by atoms with Gasteiger partial charge in [-0.15, -0.1) is 0 Å². The molecule has 1 fully saturated rings. The van der Waals surface area contributed by atoms with Crippen molar-refractivity contribution in [1.82, 2.24) is 10.0 Å². The van der Waals surface area contributed by atoms with E-state index in [0.29, 0.717) is 17.4 Å². The molecule has 0 unspecified atom stereocenters. The van der Waals surface area contributed by atoms with Gasteiger partial charge in [-0.3, -0.25) is 0 Å². The monoisotopic (exact) mass is 324 g/mol. The first kappa shape index (κ1) is 16.8. The van der Waals surface area contributed by atoms with Crippen LogP contribution in [0.2, 0.25) is 0 Å². The number of guanidine groups is 1. The predicted octanol–water partition coefficient (Wildman–Crippen LogP) is 1.33. The van der Waals surface area contributed by atoms with Gasteiger partial charge in [0.15, 0.2) is 5.96 Å². The van der Waals surface area contributed by atoms with Crippen LogP contribution in [0.4, 0.5) is 0 Å². The van der Waals surface area contributed by atoms with Gasteiger partial charge >= 0.3 is 0 Å². The molecule has 122 valence electrons. The summed E-state index contributed by atoms with van der Waals surface area (Å²) in [6.07, 6.45) is 4.01. The highest BCUT2D eigenvalue weighted by Crippen LogP contribution is 2.22. The fourth-order valence-corrected chi connectivity index (χ4v) is 3.19. The maximum absolute atomic E-state index is 12.0. The number of nitrogens with one attached hydrogen (secondary N) is 2. The Morgan fingerprint density at radius 2 is 2.00 bits per heavy atom. The summed E-state index contributed by atoms with van der Waals surface area (Å²) in [6.45, 7) is 3.36. The quantitative estimate of drug-likeness (QED) is 0.382. The van der Waals surface area contributed by atoms with Crippen LogP contribution in [0.3, 0.4) is 0 Å². The van der Waals surface area contributed by atoms with Crippen molar-refractivity contribution >= 4 is 16.0 Å². The summed E-state index contributed by atoms with van der Waals surface area (Å²) >= 11 is 0. The molecular formula is C15H24N4O2S. The van der Waals surface area contributed by atoms with E-state index in [1.165, 1.54) is 0 Å². The molecule has 0 spiro atoms. The molecule has 0 heterocycles. The number of sulfonamides is 1. The zero-order valence-corrected chi connectivity index (χ0v) is 13.7. The van der Waals surface area contributed by atoms with Crippen molar-refractivity contribution in [3.05, 3.63) is 29.8 Å². The van der Waals surface area contributed by atoms with E-state index < -0.39 is 10.0 Å². The molecular weight excluding hydrogens is 300 g/mol. The largest absolute Gasteiger partial charge is 0.370 e. The van der Waals surface area contributed by atoms with Gasteiger partial charge in [0.1, 0.15) is 0 Å². The SMILES string of the molecule is CCCCNC(N)=NCc1ccc(S(=O)(=O)NC2CC2)cc1. The highest BCUT2D eigenvalue weighted by atomic mass is 32.2. The smallest absolute Gasteiger partial charge is 0.240 e. The number of hydrogen-bond donors (Lipinski definition) is 3. The van der Waals surface area contributed by atoms with E-state index in [9.17, 15) is 8.42 Å². The van der Waals surface area contributed by atoms with Gasteiger partial charge in [0.05, 0.1) is 11.4 Å². The molecule has 1 saturated carbocycles. The standard InChI is InChI=1S/C15H24N4O2S/c1-2-3-10-17-15(16)18-11-12-4-8-14(9-5-12)22(20,21)19-13-6-7-13/h4-5,8-9,13,19H,2-3,6-7,10-11H2,1H3,(H3,16,17,18). The molecule has 7 heteroatoms. The van der Waals surface area contributed by atoms with Crippen LogP contribution in [0.1, 0.15) is 38.2 Å². The Labute approximate surface area is 132 Å². The third-order valence-corrected chi connectivity index (χ3v) is 4.94. The second-order valence-corrected chi connectivity index (χ2v) is 7.24. The van der Waals surface area contributed by atoms with E-state index in [-0.39, 0.29) is 6.04 Å². The Bertz CT molecular complexity index is 607. The second-order valence-electron chi connectivity index (χ2n) is 5.52. The molecule has 2 rings (SSSR count). The zero-order valence-electron chi connectivity index (χ0n) is 12.9. The summed E-state index contributed by atoms with van der Waals surface area (Å²) in [5.74, 6) is 0.417. The lowest BCUT2D eigenvalue weighted by Gasteiger charge is -2.07. The second kappa shape index (κ2) is 7.60. The highest BCUT2D eigenvalue weighted by molar-refractivity contribution is 7.89. The lowest BCUT2D eigenvalue weighted by Crippen LogP contribution is -2.32. The van der Waals surface area contributed by atoms with Crippen molar-refractivity contribution in [2.75, 3.05) is 6.54 Å². The molecule has 4 N–H and O–H groups in total. The number of nitrogens with two attached hydrogens (primary N) is 1.